The molecule has 6 nitrogen and oxygen atoms in total. The van der Waals surface area contributed by atoms with Crippen molar-refractivity contribution in [3.05, 3.63) is 35.3 Å². The summed E-state index contributed by atoms with van der Waals surface area (Å²) in [5.74, 6) is -1.06. The van der Waals surface area contributed by atoms with Crippen LogP contribution in [0.2, 0.25) is 0 Å². The fourth-order valence-corrected chi connectivity index (χ4v) is 3.77. The van der Waals surface area contributed by atoms with Crippen molar-refractivity contribution in [2.45, 2.75) is 18.1 Å². The predicted molar refractivity (Wildman–Crippen MR) is 88.7 cm³/mol. The summed E-state index contributed by atoms with van der Waals surface area (Å²) >= 11 is 1.34. The van der Waals surface area contributed by atoms with E-state index in [0.29, 0.717) is 30.8 Å². The summed E-state index contributed by atoms with van der Waals surface area (Å²) in [4.78, 5) is 41.6. The average molecular weight is 331 g/mol. The van der Waals surface area contributed by atoms with Gasteiger partial charge in [0.15, 0.2) is 0 Å². The third-order valence-electron chi connectivity index (χ3n) is 4.11. The quantitative estimate of drug-likeness (QED) is 0.758. The molecule has 23 heavy (non-hydrogen) atoms. The Morgan fingerprint density at radius 2 is 2.04 bits per heavy atom. The molecule has 0 aromatic carbocycles. The van der Waals surface area contributed by atoms with Gasteiger partial charge in [-0.1, -0.05) is 18.2 Å². The van der Waals surface area contributed by atoms with Crippen molar-refractivity contribution >= 4 is 35.2 Å². The van der Waals surface area contributed by atoms with Gasteiger partial charge in [-0.05, 0) is 18.9 Å². The van der Waals surface area contributed by atoms with E-state index in [1.54, 1.807) is 4.90 Å². The van der Waals surface area contributed by atoms with Gasteiger partial charge in [0, 0.05) is 25.1 Å². The number of allylic oxidation sites excluding steroid dienone is 3. The minimum Gasteiger partial charge on any atom is -0.369 e. The second-order valence-corrected chi connectivity index (χ2v) is 6.82. The molecule has 0 aromatic heterocycles. The van der Waals surface area contributed by atoms with Gasteiger partial charge in [-0.15, -0.1) is 11.8 Å². The molecule has 1 aliphatic carbocycles. The number of thioether (sulfide) groups is 1. The zero-order valence-corrected chi connectivity index (χ0v) is 13.3. The maximum atomic E-state index is 12.3. The van der Waals surface area contributed by atoms with E-state index >= 15 is 0 Å². The van der Waals surface area contributed by atoms with E-state index in [-0.39, 0.29) is 28.9 Å². The van der Waals surface area contributed by atoms with Crippen molar-refractivity contribution in [2.75, 3.05) is 13.1 Å². The van der Waals surface area contributed by atoms with Crippen molar-refractivity contribution in [2.24, 2.45) is 16.6 Å². The van der Waals surface area contributed by atoms with Crippen LogP contribution in [-0.2, 0) is 14.4 Å². The fourth-order valence-electron chi connectivity index (χ4n) is 2.76. The first kappa shape index (κ1) is 15.7. The normalized spacial score (nSPS) is 26.2. The Morgan fingerprint density at radius 1 is 1.30 bits per heavy atom. The van der Waals surface area contributed by atoms with E-state index in [1.165, 1.54) is 17.8 Å². The first-order valence-electron chi connectivity index (χ1n) is 7.49. The number of hydrogen-bond acceptors (Lipinski definition) is 4. The lowest BCUT2D eigenvalue weighted by Gasteiger charge is -2.30. The standard InChI is InChI=1S/C16H17N3O3S/c17-15(21)10-5-7-19(8-6-10)14(20)9-13-16(22)18-11-3-1-2-4-12(11)23-13/h1-4,9-10,12H,5-8H2,(H2,17,21)/b13-9-. The number of carbonyl (C=O) groups excluding carboxylic acids is 3. The van der Waals surface area contributed by atoms with Gasteiger partial charge in [0.2, 0.25) is 11.8 Å². The number of nitrogens with zero attached hydrogens (tertiary/aromatic N) is 2. The molecule has 0 aromatic rings. The van der Waals surface area contributed by atoms with Crippen LogP contribution in [0.4, 0.5) is 0 Å². The maximum absolute atomic E-state index is 12.3. The fraction of sp³-hybridized carbons (Fsp3) is 0.375. The number of aliphatic imine (C=N–C) groups is 1. The van der Waals surface area contributed by atoms with Crippen molar-refractivity contribution in [3.8, 4) is 0 Å². The van der Waals surface area contributed by atoms with Gasteiger partial charge in [0.05, 0.1) is 15.9 Å². The van der Waals surface area contributed by atoms with E-state index in [0.717, 1.165) is 5.71 Å². The second kappa shape index (κ2) is 6.54. The molecule has 120 valence electrons. The van der Waals surface area contributed by atoms with E-state index in [1.807, 2.05) is 24.3 Å². The molecule has 3 amide bonds. The molecule has 2 heterocycles. The van der Waals surface area contributed by atoms with Crippen LogP contribution in [0.25, 0.3) is 0 Å². The molecule has 1 fully saturated rings. The Labute approximate surface area is 138 Å². The highest BCUT2D eigenvalue weighted by Crippen LogP contribution is 2.31. The van der Waals surface area contributed by atoms with Crippen LogP contribution < -0.4 is 5.73 Å². The number of hydrogen-bond donors (Lipinski definition) is 1. The number of piperidine rings is 1. The van der Waals surface area contributed by atoms with Crippen molar-refractivity contribution < 1.29 is 14.4 Å². The molecule has 0 spiro atoms. The average Bonchev–Trinajstić information content (AvgIpc) is 2.55. The van der Waals surface area contributed by atoms with Gasteiger partial charge in [-0.2, -0.15) is 0 Å². The highest BCUT2D eigenvalue weighted by molar-refractivity contribution is 8.05. The van der Waals surface area contributed by atoms with Gasteiger partial charge < -0.3 is 10.6 Å². The number of rotatable bonds is 2. The lowest BCUT2D eigenvalue weighted by Crippen LogP contribution is -2.41. The molecular weight excluding hydrogens is 314 g/mol. The molecule has 1 unspecified atom stereocenters. The van der Waals surface area contributed by atoms with Crippen molar-refractivity contribution in [1.82, 2.24) is 4.90 Å². The summed E-state index contributed by atoms with van der Waals surface area (Å²) in [6.07, 6.45) is 10.0. The summed E-state index contributed by atoms with van der Waals surface area (Å²) in [6.45, 7) is 0.964. The highest BCUT2D eigenvalue weighted by atomic mass is 32.2. The molecule has 3 aliphatic rings. The molecule has 2 N–H and O–H groups in total. The zero-order chi connectivity index (χ0) is 16.4. The highest BCUT2D eigenvalue weighted by Gasteiger charge is 2.29. The Kier molecular flexibility index (Phi) is 4.47. The third kappa shape index (κ3) is 3.44. The number of nitrogens with two attached hydrogens (primary N) is 1. The van der Waals surface area contributed by atoms with Crippen LogP contribution in [0.5, 0.6) is 0 Å². The molecular formula is C16H17N3O3S. The first-order valence-corrected chi connectivity index (χ1v) is 8.37. The third-order valence-corrected chi connectivity index (χ3v) is 5.31. The summed E-state index contributed by atoms with van der Waals surface area (Å²) in [5.41, 5.74) is 6.01. The molecule has 2 aliphatic heterocycles. The topological polar surface area (TPSA) is 92.8 Å². The Morgan fingerprint density at radius 3 is 2.74 bits per heavy atom. The van der Waals surface area contributed by atoms with Gasteiger partial charge in [-0.25, -0.2) is 4.99 Å². The number of primary amides is 1. The largest absolute Gasteiger partial charge is 0.369 e. The van der Waals surface area contributed by atoms with E-state index in [4.69, 9.17) is 5.73 Å². The first-order chi connectivity index (χ1) is 11.0. The summed E-state index contributed by atoms with van der Waals surface area (Å²) < 4.78 is 0. The Bertz CT molecular complexity index is 670. The lowest BCUT2D eigenvalue weighted by molar-refractivity contribution is -0.130. The van der Waals surface area contributed by atoms with Gasteiger partial charge in [0.1, 0.15) is 0 Å². The van der Waals surface area contributed by atoms with Gasteiger partial charge >= 0.3 is 0 Å². The predicted octanol–water partition coefficient (Wildman–Crippen LogP) is 0.803. The van der Waals surface area contributed by atoms with Crippen molar-refractivity contribution in [3.63, 3.8) is 0 Å². The molecule has 0 radical (unpaired) electrons. The Hall–Kier alpha value is -2.15. The number of carbonyl (C=O) groups is 3. The molecule has 1 atom stereocenters. The molecule has 3 rings (SSSR count). The minimum absolute atomic E-state index is 0.0163. The summed E-state index contributed by atoms with van der Waals surface area (Å²) in [6, 6.07) is 0. The van der Waals surface area contributed by atoms with E-state index in [9.17, 15) is 14.4 Å². The monoisotopic (exact) mass is 331 g/mol. The maximum Gasteiger partial charge on any atom is 0.283 e. The second-order valence-electron chi connectivity index (χ2n) is 5.63. The van der Waals surface area contributed by atoms with E-state index in [2.05, 4.69) is 4.99 Å². The van der Waals surface area contributed by atoms with Crippen LogP contribution in [0.15, 0.2) is 40.3 Å². The Balaban J connectivity index is 1.67. The van der Waals surface area contributed by atoms with Crippen LogP contribution in [0.3, 0.4) is 0 Å². The number of likely N-dealkylation sites (tertiary alicyclic amines) is 1. The summed E-state index contributed by atoms with van der Waals surface area (Å²) in [5, 5.41) is -0.0163. The van der Waals surface area contributed by atoms with Gasteiger partial charge in [0.25, 0.3) is 5.91 Å². The molecule has 7 heteroatoms. The van der Waals surface area contributed by atoms with Crippen molar-refractivity contribution in [1.29, 1.82) is 0 Å². The molecule has 1 saturated heterocycles. The minimum atomic E-state index is -0.374. The molecule has 0 bridgehead atoms. The van der Waals surface area contributed by atoms with Crippen LogP contribution in [-0.4, -0.2) is 46.7 Å². The van der Waals surface area contributed by atoms with E-state index < -0.39 is 0 Å². The number of amides is 3. The zero-order valence-electron chi connectivity index (χ0n) is 12.5. The van der Waals surface area contributed by atoms with Crippen LogP contribution in [0, 0.1) is 5.92 Å². The smallest absolute Gasteiger partial charge is 0.283 e. The molecule has 0 saturated carbocycles. The SMILES string of the molecule is NC(=O)C1CCN(C(=O)/C=C2\SC3C=CC=CC3=NC2=O)CC1. The summed E-state index contributed by atoms with van der Waals surface area (Å²) in [7, 11) is 0. The van der Waals surface area contributed by atoms with Crippen LogP contribution in [0.1, 0.15) is 12.8 Å². The lowest BCUT2D eigenvalue weighted by atomic mass is 9.96. The van der Waals surface area contributed by atoms with Gasteiger partial charge in [-0.3, -0.25) is 14.4 Å². The number of fused-ring (bicyclic) bond motifs is 1. The van der Waals surface area contributed by atoms with Crippen LogP contribution >= 0.6 is 11.8 Å².